The predicted molar refractivity (Wildman–Crippen MR) is 155 cm³/mol. The van der Waals surface area contributed by atoms with Gasteiger partial charge in [0, 0.05) is 40.3 Å². The van der Waals surface area contributed by atoms with E-state index in [1.807, 2.05) is 38.1 Å². The predicted octanol–water partition coefficient (Wildman–Crippen LogP) is 7.99. The zero-order valence-corrected chi connectivity index (χ0v) is 23.5. The largest absolute Gasteiger partial charge is 0.416 e. The van der Waals surface area contributed by atoms with E-state index in [-0.39, 0.29) is 23.3 Å². The SMILES string of the molecule is Cc1c(C)n(Cc2ccc(-c3ccccc3)cc2)c2ccc(C(=O)NCc3ccc(Cl)cc3C(F)(F)F)cc12.O=C=O. The number of hydrogen-bond donors (Lipinski definition) is 1. The fourth-order valence-electron chi connectivity index (χ4n) is 4.85. The van der Waals surface area contributed by atoms with Crippen LogP contribution in [0.4, 0.5) is 13.2 Å². The van der Waals surface area contributed by atoms with Crippen molar-refractivity contribution in [2.24, 2.45) is 0 Å². The van der Waals surface area contributed by atoms with Crippen molar-refractivity contribution in [1.82, 2.24) is 9.88 Å². The number of benzene rings is 4. The Hall–Kier alpha value is -4.65. The normalized spacial score (nSPS) is 11.0. The summed E-state index contributed by atoms with van der Waals surface area (Å²) in [4.78, 5) is 29.2. The van der Waals surface area contributed by atoms with E-state index in [9.17, 15) is 18.0 Å². The summed E-state index contributed by atoms with van der Waals surface area (Å²) in [6.45, 7) is 4.47. The number of amides is 1. The van der Waals surface area contributed by atoms with Crippen LogP contribution in [-0.4, -0.2) is 16.6 Å². The second kappa shape index (κ2) is 12.9. The number of fused-ring (bicyclic) bond motifs is 1. The van der Waals surface area contributed by atoms with Gasteiger partial charge in [-0.1, -0.05) is 72.3 Å². The summed E-state index contributed by atoms with van der Waals surface area (Å²) in [5.41, 5.74) is 6.09. The highest BCUT2D eigenvalue weighted by molar-refractivity contribution is 6.30. The Balaban J connectivity index is 0.00000129. The standard InChI is InChI=1S/C32H26ClF3N2O.CO2/c1-20-21(2)38(19-22-8-10-24(11-9-22)23-6-4-3-5-7-23)30-15-13-25(16-28(20)30)31(39)37-18-26-12-14-27(33)17-29(26)32(34,35)36;2-1-3/h3-17H,18-19H2,1-2H3,(H,37,39);. The van der Waals surface area contributed by atoms with Gasteiger partial charge in [-0.15, -0.1) is 0 Å². The minimum atomic E-state index is -4.57. The van der Waals surface area contributed by atoms with E-state index in [1.54, 1.807) is 12.1 Å². The van der Waals surface area contributed by atoms with Gasteiger partial charge in [0.2, 0.25) is 0 Å². The zero-order valence-electron chi connectivity index (χ0n) is 22.8. The molecule has 0 atom stereocenters. The van der Waals surface area contributed by atoms with Crippen molar-refractivity contribution in [3.05, 3.63) is 130 Å². The number of hydrogen-bond acceptors (Lipinski definition) is 3. The van der Waals surface area contributed by atoms with E-state index >= 15 is 0 Å². The molecule has 0 fully saturated rings. The summed E-state index contributed by atoms with van der Waals surface area (Å²) in [5, 5.41) is 3.55. The fraction of sp³-hybridized carbons (Fsp3) is 0.152. The maximum Gasteiger partial charge on any atom is 0.416 e. The molecular weight excluding hydrogens is 565 g/mol. The average molecular weight is 591 g/mol. The number of carbonyl (C=O) groups excluding carboxylic acids is 3. The van der Waals surface area contributed by atoms with Crippen LogP contribution < -0.4 is 5.32 Å². The van der Waals surface area contributed by atoms with Crippen LogP contribution in [-0.2, 0) is 28.9 Å². The number of halogens is 4. The number of rotatable bonds is 6. The van der Waals surface area contributed by atoms with Gasteiger partial charge in [0.1, 0.15) is 0 Å². The maximum absolute atomic E-state index is 13.4. The molecule has 42 heavy (non-hydrogen) atoms. The van der Waals surface area contributed by atoms with E-state index in [4.69, 9.17) is 21.2 Å². The first-order valence-corrected chi connectivity index (χ1v) is 13.3. The van der Waals surface area contributed by atoms with E-state index in [1.165, 1.54) is 17.7 Å². The molecule has 0 bridgehead atoms. The fourth-order valence-corrected chi connectivity index (χ4v) is 5.03. The molecule has 0 spiro atoms. The Labute approximate surface area is 245 Å². The van der Waals surface area contributed by atoms with E-state index in [0.717, 1.165) is 39.4 Å². The molecule has 0 aliphatic rings. The van der Waals surface area contributed by atoms with Crippen LogP contribution in [0.25, 0.3) is 22.0 Å². The first kappa shape index (κ1) is 30.3. The third-order valence-electron chi connectivity index (χ3n) is 7.12. The van der Waals surface area contributed by atoms with Gasteiger partial charge in [0.15, 0.2) is 0 Å². The molecule has 1 amide bonds. The van der Waals surface area contributed by atoms with Crippen molar-refractivity contribution in [2.45, 2.75) is 33.1 Å². The minimum Gasteiger partial charge on any atom is -0.348 e. The van der Waals surface area contributed by atoms with Crippen LogP contribution in [0.3, 0.4) is 0 Å². The van der Waals surface area contributed by atoms with E-state index in [2.05, 4.69) is 46.3 Å². The zero-order chi connectivity index (χ0) is 30.4. The summed E-state index contributed by atoms with van der Waals surface area (Å²) in [7, 11) is 0. The quantitative estimate of drug-likeness (QED) is 0.218. The molecule has 0 unspecified atom stereocenters. The molecule has 9 heteroatoms. The van der Waals surface area contributed by atoms with Crippen LogP contribution in [0.2, 0.25) is 5.02 Å². The lowest BCUT2D eigenvalue weighted by molar-refractivity contribution is -0.191. The first-order chi connectivity index (χ1) is 20.0. The van der Waals surface area contributed by atoms with Crippen molar-refractivity contribution in [3.8, 4) is 11.1 Å². The molecule has 0 aliphatic heterocycles. The second-order valence-electron chi connectivity index (χ2n) is 9.66. The summed E-state index contributed by atoms with van der Waals surface area (Å²) in [5.74, 6) is -0.443. The molecule has 0 saturated heterocycles. The van der Waals surface area contributed by atoms with Crippen LogP contribution in [0.1, 0.15) is 38.3 Å². The van der Waals surface area contributed by atoms with Gasteiger partial charge >= 0.3 is 12.3 Å². The van der Waals surface area contributed by atoms with Crippen molar-refractivity contribution >= 4 is 34.6 Å². The lowest BCUT2D eigenvalue weighted by atomic mass is 10.0. The topological polar surface area (TPSA) is 68.2 Å². The van der Waals surface area contributed by atoms with Gasteiger partial charge in [0.25, 0.3) is 5.91 Å². The maximum atomic E-state index is 13.4. The van der Waals surface area contributed by atoms with E-state index < -0.39 is 17.6 Å². The number of aromatic nitrogens is 1. The molecule has 4 aromatic carbocycles. The van der Waals surface area contributed by atoms with Crippen LogP contribution in [0, 0.1) is 13.8 Å². The molecule has 5 aromatic rings. The minimum absolute atomic E-state index is 0.00894. The summed E-state index contributed by atoms with van der Waals surface area (Å²) >= 11 is 5.76. The Kier molecular flexibility index (Phi) is 9.31. The van der Waals surface area contributed by atoms with Crippen LogP contribution in [0.5, 0.6) is 0 Å². The van der Waals surface area contributed by atoms with Crippen LogP contribution in [0.15, 0.2) is 91.0 Å². The molecule has 5 nitrogen and oxygen atoms in total. The lowest BCUT2D eigenvalue weighted by Gasteiger charge is -2.14. The van der Waals surface area contributed by atoms with Crippen molar-refractivity contribution in [1.29, 1.82) is 0 Å². The molecular formula is C33H26ClF3N2O3. The Morgan fingerprint density at radius 3 is 2.17 bits per heavy atom. The molecule has 214 valence electrons. The Morgan fingerprint density at radius 1 is 0.881 bits per heavy atom. The van der Waals surface area contributed by atoms with Crippen molar-refractivity contribution < 1.29 is 27.6 Å². The summed E-state index contributed by atoms with van der Waals surface area (Å²) in [6.07, 6.45) is -4.32. The number of nitrogens with one attached hydrogen (secondary N) is 1. The van der Waals surface area contributed by atoms with Gasteiger partial charge in [0.05, 0.1) is 5.56 Å². The second-order valence-corrected chi connectivity index (χ2v) is 10.1. The number of alkyl halides is 3. The van der Waals surface area contributed by atoms with Gasteiger partial charge in [-0.05, 0) is 72.0 Å². The monoisotopic (exact) mass is 590 g/mol. The van der Waals surface area contributed by atoms with Gasteiger partial charge in [-0.2, -0.15) is 22.8 Å². The third kappa shape index (κ3) is 6.79. The Bertz CT molecular complexity index is 1760. The van der Waals surface area contributed by atoms with Gasteiger partial charge in [-0.3, -0.25) is 4.79 Å². The highest BCUT2D eigenvalue weighted by atomic mass is 35.5. The highest BCUT2D eigenvalue weighted by Crippen LogP contribution is 2.34. The highest BCUT2D eigenvalue weighted by Gasteiger charge is 2.33. The lowest BCUT2D eigenvalue weighted by Crippen LogP contribution is -2.24. The number of nitrogens with zero attached hydrogens (tertiary/aromatic N) is 1. The number of carbonyl (C=O) groups is 1. The van der Waals surface area contributed by atoms with Crippen molar-refractivity contribution in [2.75, 3.05) is 0 Å². The van der Waals surface area contributed by atoms with Gasteiger partial charge < -0.3 is 9.88 Å². The molecule has 0 saturated carbocycles. The smallest absolute Gasteiger partial charge is 0.348 e. The molecule has 1 aromatic heterocycles. The average Bonchev–Trinajstić information content (AvgIpc) is 3.21. The Morgan fingerprint density at radius 2 is 1.52 bits per heavy atom. The summed E-state index contributed by atoms with van der Waals surface area (Å²) < 4.78 is 42.5. The molecule has 5 rings (SSSR count). The molecule has 1 N–H and O–H groups in total. The number of aryl methyl sites for hydroxylation is 1. The van der Waals surface area contributed by atoms with Crippen LogP contribution >= 0.6 is 11.6 Å². The third-order valence-corrected chi connectivity index (χ3v) is 7.35. The molecule has 0 radical (unpaired) electrons. The van der Waals surface area contributed by atoms with E-state index in [0.29, 0.717) is 12.1 Å². The van der Waals surface area contributed by atoms with Crippen molar-refractivity contribution in [3.63, 3.8) is 0 Å². The first-order valence-electron chi connectivity index (χ1n) is 12.9. The van der Waals surface area contributed by atoms with Gasteiger partial charge in [-0.25, -0.2) is 0 Å². The molecule has 1 heterocycles. The summed E-state index contributed by atoms with van der Waals surface area (Å²) in [6, 6.07) is 27.6. The molecule has 0 aliphatic carbocycles.